The van der Waals surface area contributed by atoms with Gasteiger partial charge in [0, 0.05) is 27.5 Å². The number of Topliss-reactive ketones (excluding diaryl/α,β-unsaturated/α-hetero) is 1. The summed E-state index contributed by atoms with van der Waals surface area (Å²) in [5.41, 5.74) is 2.47. The van der Waals surface area contributed by atoms with Crippen LogP contribution in [0.5, 0.6) is 17.2 Å². The Bertz CT molecular complexity index is 1480. The van der Waals surface area contributed by atoms with Crippen molar-refractivity contribution in [1.82, 2.24) is 10.3 Å². The van der Waals surface area contributed by atoms with E-state index in [1.807, 2.05) is 31.4 Å². The maximum atomic E-state index is 14.3. The van der Waals surface area contributed by atoms with Gasteiger partial charge in [0.15, 0.2) is 22.9 Å². The lowest BCUT2D eigenvalue weighted by molar-refractivity contribution is 0.0900. The minimum atomic E-state index is -0.451. The van der Waals surface area contributed by atoms with Gasteiger partial charge in [-0.1, -0.05) is 26.0 Å². The van der Waals surface area contributed by atoms with Crippen LogP contribution in [0.1, 0.15) is 46.2 Å². The van der Waals surface area contributed by atoms with Crippen LogP contribution in [0.3, 0.4) is 0 Å². The number of hydrogen-bond acceptors (Lipinski definition) is 7. The Morgan fingerprint density at radius 2 is 1.78 bits per heavy atom. The molecule has 0 atom stereocenters. The molecule has 0 unspecified atom stereocenters. The summed E-state index contributed by atoms with van der Waals surface area (Å²) >= 11 is 1.28. The molecule has 0 aliphatic heterocycles. The van der Waals surface area contributed by atoms with Gasteiger partial charge in [-0.15, -0.1) is 11.3 Å². The van der Waals surface area contributed by atoms with Gasteiger partial charge in [-0.2, -0.15) is 0 Å². The minimum Gasteiger partial charge on any atom is -0.494 e. The zero-order chi connectivity index (χ0) is 26.7. The topological polar surface area (TPSA) is 86.8 Å². The molecule has 0 radical (unpaired) electrons. The lowest BCUT2D eigenvalue weighted by Gasteiger charge is -2.17. The molecule has 9 heteroatoms. The number of rotatable bonds is 9. The largest absolute Gasteiger partial charge is 0.494 e. The Kier molecular flexibility index (Phi) is 7.73. The third-order valence-electron chi connectivity index (χ3n) is 5.97. The Morgan fingerprint density at radius 3 is 2.46 bits per heavy atom. The van der Waals surface area contributed by atoms with Crippen molar-refractivity contribution in [2.75, 3.05) is 27.9 Å². The van der Waals surface area contributed by atoms with Gasteiger partial charge in [-0.05, 0) is 36.2 Å². The summed E-state index contributed by atoms with van der Waals surface area (Å²) in [7, 11) is 4.47. The second-order valence-corrected chi connectivity index (χ2v) is 9.45. The highest BCUT2D eigenvalue weighted by Crippen LogP contribution is 2.38. The van der Waals surface area contributed by atoms with Crippen LogP contribution in [0.4, 0.5) is 4.39 Å². The van der Waals surface area contributed by atoms with E-state index in [0.29, 0.717) is 33.2 Å². The van der Waals surface area contributed by atoms with Crippen molar-refractivity contribution >= 4 is 33.1 Å². The molecule has 2 heterocycles. The summed E-state index contributed by atoms with van der Waals surface area (Å²) in [5.74, 6) is 0.0935. The van der Waals surface area contributed by atoms with E-state index >= 15 is 0 Å². The molecule has 1 amide bonds. The van der Waals surface area contributed by atoms with E-state index < -0.39 is 11.7 Å². The van der Waals surface area contributed by atoms with Crippen molar-refractivity contribution in [3.05, 3.63) is 70.5 Å². The first-order chi connectivity index (χ1) is 17.8. The van der Waals surface area contributed by atoms with Crippen LogP contribution in [-0.4, -0.2) is 44.5 Å². The summed E-state index contributed by atoms with van der Waals surface area (Å²) in [6.07, 6.45) is 0. The SMILES string of the molecule is COc1ccc(C(=O)NCC(=O)c2nc(-c3csc4c(F)cccc34)cc(C(C)C)c2OC)cc1OC. The first-order valence-corrected chi connectivity index (χ1v) is 12.4. The number of amides is 1. The number of carbonyl (C=O) groups excluding carboxylic acids is 2. The molecule has 37 heavy (non-hydrogen) atoms. The summed E-state index contributed by atoms with van der Waals surface area (Å²) in [6.45, 7) is 3.68. The second kappa shape index (κ2) is 11.0. The Hall–Kier alpha value is -3.98. The molecule has 0 aliphatic rings. The molecular weight excluding hydrogens is 495 g/mol. The maximum absolute atomic E-state index is 14.3. The molecule has 2 aromatic heterocycles. The number of nitrogens with zero attached hydrogens (tertiary/aromatic N) is 1. The van der Waals surface area contributed by atoms with Gasteiger partial charge in [-0.3, -0.25) is 9.59 Å². The van der Waals surface area contributed by atoms with Crippen molar-refractivity contribution < 1.29 is 28.2 Å². The summed E-state index contributed by atoms with van der Waals surface area (Å²) in [6, 6.07) is 11.5. The Balaban J connectivity index is 1.67. The van der Waals surface area contributed by atoms with Gasteiger partial charge in [0.1, 0.15) is 5.82 Å². The van der Waals surface area contributed by atoms with Crippen LogP contribution >= 0.6 is 11.3 Å². The Morgan fingerprint density at radius 1 is 1.03 bits per heavy atom. The standard InChI is InChI=1S/C28H27FN2O5S/c1-15(2)18-12-21(19-14-37-27-17(19)7-6-8-20(27)29)31-25(26(18)36-5)22(32)13-30-28(33)16-9-10-23(34-3)24(11-16)35-4/h6-12,14-15H,13H2,1-5H3,(H,30,33). The molecular formula is C28H27FN2O5S. The predicted octanol–water partition coefficient (Wildman–Crippen LogP) is 5.86. The highest BCUT2D eigenvalue weighted by Gasteiger charge is 2.24. The van der Waals surface area contributed by atoms with E-state index in [2.05, 4.69) is 10.3 Å². The van der Waals surface area contributed by atoms with Crippen LogP contribution in [0, 0.1) is 5.82 Å². The first-order valence-electron chi connectivity index (χ1n) is 11.6. The van der Waals surface area contributed by atoms with E-state index in [-0.39, 0.29) is 24.0 Å². The summed E-state index contributed by atoms with van der Waals surface area (Å²) in [5, 5.41) is 5.20. The third-order valence-corrected chi connectivity index (χ3v) is 6.98. The number of pyridine rings is 1. The fraction of sp³-hybridized carbons (Fsp3) is 0.250. The molecule has 0 saturated carbocycles. The summed E-state index contributed by atoms with van der Waals surface area (Å²) < 4.78 is 30.9. The average Bonchev–Trinajstić information content (AvgIpc) is 3.35. The average molecular weight is 523 g/mol. The zero-order valence-corrected chi connectivity index (χ0v) is 22.0. The Labute approximate surface area is 218 Å². The number of hydrogen-bond donors (Lipinski definition) is 1. The van der Waals surface area contributed by atoms with Crippen molar-refractivity contribution in [2.45, 2.75) is 19.8 Å². The quantitative estimate of drug-likeness (QED) is 0.277. The molecule has 0 saturated heterocycles. The van der Waals surface area contributed by atoms with Gasteiger partial charge in [-0.25, -0.2) is 9.37 Å². The van der Waals surface area contributed by atoms with E-state index in [1.165, 1.54) is 44.8 Å². The van der Waals surface area contributed by atoms with Gasteiger partial charge in [0.2, 0.25) is 5.78 Å². The van der Waals surface area contributed by atoms with Crippen LogP contribution in [0.25, 0.3) is 21.3 Å². The fourth-order valence-corrected chi connectivity index (χ4v) is 5.04. The van der Waals surface area contributed by atoms with Gasteiger partial charge < -0.3 is 19.5 Å². The molecule has 4 rings (SSSR count). The lowest BCUT2D eigenvalue weighted by atomic mass is 9.97. The van der Waals surface area contributed by atoms with E-state index in [9.17, 15) is 14.0 Å². The molecule has 192 valence electrons. The second-order valence-electron chi connectivity index (χ2n) is 8.57. The van der Waals surface area contributed by atoms with Gasteiger partial charge in [0.05, 0.1) is 38.3 Å². The van der Waals surface area contributed by atoms with Crippen molar-refractivity contribution in [3.8, 4) is 28.5 Å². The number of ether oxygens (including phenoxy) is 3. The number of ketones is 1. The highest BCUT2D eigenvalue weighted by molar-refractivity contribution is 7.17. The van der Waals surface area contributed by atoms with E-state index in [4.69, 9.17) is 14.2 Å². The minimum absolute atomic E-state index is 0.0197. The third kappa shape index (κ3) is 5.13. The molecule has 1 N–H and O–H groups in total. The predicted molar refractivity (Wildman–Crippen MR) is 142 cm³/mol. The molecule has 0 spiro atoms. The van der Waals surface area contributed by atoms with Crippen molar-refractivity contribution in [3.63, 3.8) is 0 Å². The fourth-order valence-electron chi connectivity index (χ4n) is 4.07. The van der Waals surface area contributed by atoms with Gasteiger partial charge in [0.25, 0.3) is 5.91 Å². The van der Waals surface area contributed by atoms with Crippen molar-refractivity contribution in [2.24, 2.45) is 0 Å². The highest BCUT2D eigenvalue weighted by atomic mass is 32.1. The van der Waals surface area contributed by atoms with Crippen LogP contribution in [0.2, 0.25) is 0 Å². The number of nitrogens with one attached hydrogen (secondary N) is 1. The number of aromatic nitrogens is 1. The maximum Gasteiger partial charge on any atom is 0.251 e. The summed E-state index contributed by atoms with van der Waals surface area (Å²) in [4.78, 5) is 30.7. The molecule has 0 bridgehead atoms. The number of methoxy groups -OCH3 is 3. The van der Waals surface area contributed by atoms with Crippen LogP contribution < -0.4 is 19.5 Å². The number of carbonyl (C=O) groups is 2. The van der Waals surface area contributed by atoms with Crippen LogP contribution in [0.15, 0.2) is 47.8 Å². The van der Waals surface area contributed by atoms with E-state index in [0.717, 1.165) is 16.5 Å². The van der Waals surface area contributed by atoms with Crippen LogP contribution in [-0.2, 0) is 0 Å². The number of thiophene rings is 1. The molecule has 7 nitrogen and oxygen atoms in total. The number of benzene rings is 2. The molecule has 4 aromatic rings. The van der Waals surface area contributed by atoms with Crippen molar-refractivity contribution in [1.29, 1.82) is 0 Å². The smallest absolute Gasteiger partial charge is 0.251 e. The molecule has 0 fully saturated rings. The zero-order valence-electron chi connectivity index (χ0n) is 21.2. The van der Waals surface area contributed by atoms with Gasteiger partial charge >= 0.3 is 0 Å². The first kappa shape index (κ1) is 26.1. The van der Waals surface area contributed by atoms with E-state index in [1.54, 1.807) is 18.2 Å². The molecule has 2 aromatic carbocycles. The number of halogens is 1. The number of fused-ring (bicyclic) bond motifs is 1. The monoisotopic (exact) mass is 522 g/mol. The molecule has 0 aliphatic carbocycles. The normalized spacial score (nSPS) is 11.0. The lowest BCUT2D eigenvalue weighted by Crippen LogP contribution is -2.30.